The number of hydrogen-bond acceptors (Lipinski definition) is 5. The summed E-state index contributed by atoms with van der Waals surface area (Å²) in [7, 11) is -4.22. The molecule has 4 fully saturated rings. The number of hydrogen-bond donors (Lipinski definition) is 4. The molecule has 4 aliphatic rings. The van der Waals surface area contributed by atoms with Crippen molar-refractivity contribution in [1.29, 1.82) is 0 Å². The highest BCUT2D eigenvalue weighted by atomic mass is 32.2. The van der Waals surface area contributed by atoms with Crippen LogP contribution in [0.5, 0.6) is 0 Å². The van der Waals surface area contributed by atoms with Crippen molar-refractivity contribution >= 4 is 10.1 Å². The number of benzene rings is 1. The molecule has 0 saturated heterocycles. The Bertz CT molecular complexity index is 1090. The molecule has 0 aromatic heterocycles. The van der Waals surface area contributed by atoms with Gasteiger partial charge in [0, 0.05) is 0 Å². The molecule has 6 nitrogen and oxygen atoms in total. The summed E-state index contributed by atoms with van der Waals surface area (Å²) in [6.07, 6.45) is 7.78. The Kier molecular flexibility index (Phi) is 7.37. The van der Waals surface area contributed by atoms with Gasteiger partial charge in [0.25, 0.3) is 10.1 Å². The lowest BCUT2D eigenvalue weighted by Gasteiger charge is -2.63. The molecule has 0 aliphatic heterocycles. The largest absolute Gasteiger partial charge is 0.393 e. The first kappa shape index (κ1) is 27.6. The molecule has 0 amide bonds. The molecule has 1 aromatic rings. The third-order valence-electron chi connectivity index (χ3n) is 11.8. The van der Waals surface area contributed by atoms with Crippen molar-refractivity contribution in [3.8, 4) is 0 Å². The molecule has 0 bridgehead atoms. The van der Waals surface area contributed by atoms with E-state index in [0.717, 1.165) is 63.4 Å². The minimum atomic E-state index is -4.22. The number of aliphatic hydroxyl groups is 3. The SMILES string of the molecule is C[C@H](CCCc1[c]ccc(S(=O)(=O)O)c1)[C@H]1CC[C@H]2[C@@H]3[C@H](O)C[C@@H]4C[C@H](O)CC[C@]4(C)[C@H]3C[C@H](O)[C@]12C. The Hall–Kier alpha value is -0.990. The van der Waals surface area contributed by atoms with E-state index in [9.17, 15) is 28.3 Å². The maximum absolute atomic E-state index is 11.7. The van der Waals surface area contributed by atoms with Crippen LogP contribution in [0.25, 0.3) is 0 Å². The highest BCUT2D eigenvalue weighted by Crippen LogP contribution is 2.68. The standard InChI is InChI=1S/C30H45O6S/c1-18(6-4-7-19-8-5-9-22(14-19)37(34,35)36)23-10-11-24-28-25(17-27(33)30(23,24)3)29(2)13-12-21(31)15-20(29)16-26(28)32/h5,9,14,18,20-21,23-28,31-33H,4,6-7,10-13,15-17H2,1-3H3,(H,34,35,36)/t18-,20+,21-,23-,24+,25+,26-,27+,28+,29+,30-/m1/s1. The van der Waals surface area contributed by atoms with Gasteiger partial charge < -0.3 is 15.3 Å². The summed E-state index contributed by atoms with van der Waals surface area (Å²) in [6, 6.07) is 7.50. The normalized spacial score (nSPS) is 44.5. The Morgan fingerprint density at radius 2 is 1.84 bits per heavy atom. The number of rotatable bonds is 6. The Morgan fingerprint density at radius 1 is 1.08 bits per heavy atom. The molecule has 4 saturated carbocycles. The summed E-state index contributed by atoms with van der Waals surface area (Å²) in [4.78, 5) is -0.0882. The smallest absolute Gasteiger partial charge is 0.294 e. The quantitative estimate of drug-likeness (QED) is 0.396. The van der Waals surface area contributed by atoms with Crippen molar-refractivity contribution in [3.05, 3.63) is 29.8 Å². The van der Waals surface area contributed by atoms with Crippen molar-refractivity contribution in [3.63, 3.8) is 0 Å². The Balaban J connectivity index is 1.28. The van der Waals surface area contributed by atoms with Crippen LogP contribution in [0.15, 0.2) is 23.1 Å². The molecule has 37 heavy (non-hydrogen) atoms. The maximum atomic E-state index is 11.7. The van der Waals surface area contributed by atoms with Gasteiger partial charge in [0.05, 0.1) is 23.2 Å². The van der Waals surface area contributed by atoms with Crippen molar-refractivity contribution in [1.82, 2.24) is 0 Å². The van der Waals surface area contributed by atoms with Crippen molar-refractivity contribution < 1.29 is 28.3 Å². The monoisotopic (exact) mass is 533 g/mol. The predicted molar refractivity (Wildman–Crippen MR) is 141 cm³/mol. The van der Waals surface area contributed by atoms with Gasteiger partial charge in [-0.1, -0.05) is 33.3 Å². The first-order chi connectivity index (χ1) is 17.4. The molecule has 4 N–H and O–H groups in total. The fourth-order valence-corrected chi connectivity index (χ4v) is 10.3. The van der Waals surface area contributed by atoms with Crippen LogP contribution >= 0.6 is 0 Å². The summed E-state index contributed by atoms with van der Waals surface area (Å²) < 4.78 is 32.3. The highest BCUT2D eigenvalue weighted by Gasteiger charge is 2.65. The summed E-state index contributed by atoms with van der Waals surface area (Å²) >= 11 is 0. The zero-order valence-corrected chi connectivity index (χ0v) is 23.3. The average Bonchev–Trinajstić information content (AvgIpc) is 3.19. The maximum Gasteiger partial charge on any atom is 0.294 e. The number of aliphatic hydroxyl groups excluding tert-OH is 3. The molecular formula is C30H45O6S. The predicted octanol–water partition coefficient (Wildman–Crippen LogP) is 4.65. The lowest BCUT2D eigenvalue weighted by atomic mass is 9.43. The van der Waals surface area contributed by atoms with Gasteiger partial charge in [0.15, 0.2) is 0 Å². The fraction of sp³-hybridized carbons (Fsp3) is 0.800. The topological polar surface area (TPSA) is 115 Å². The number of fused-ring (bicyclic) bond motifs is 5. The van der Waals surface area contributed by atoms with Crippen LogP contribution in [0.4, 0.5) is 0 Å². The van der Waals surface area contributed by atoms with Gasteiger partial charge in [-0.3, -0.25) is 4.55 Å². The molecule has 11 atom stereocenters. The van der Waals surface area contributed by atoms with Gasteiger partial charge >= 0.3 is 0 Å². The zero-order chi connectivity index (χ0) is 26.8. The molecule has 1 aromatic carbocycles. The van der Waals surface area contributed by atoms with Crippen LogP contribution in [-0.2, 0) is 16.5 Å². The van der Waals surface area contributed by atoms with Gasteiger partial charge in [-0.05, 0) is 128 Å². The van der Waals surface area contributed by atoms with Gasteiger partial charge in [-0.25, -0.2) is 0 Å². The first-order valence-electron chi connectivity index (χ1n) is 14.4. The van der Waals surface area contributed by atoms with E-state index in [1.165, 1.54) is 12.1 Å². The van der Waals surface area contributed by atoms with Crippen molar-refractivity contribution in [2.45, 2.75) is 108 Å². The summed E-state index contributed by atoms with van der Waals surface area (Å²) in [5.74, 6) is 1.96. The average molecular weight is 534 g/mol. The third-order valence-corrected chi connectivity index (χ3v) is 12.6. The lowest BCUT2D eigenvalue weighted by molar-refractivity contribution is -0.207. The third kappa shape index (κ3) is 4.71. The van der Waals surface area contributed by atoms with Crippen LogP contribution in [0.1, 0.15) is 84.1 Å². The highest BCUT2D eigenvalue weighted by molar-refractivity contribution is 7.85. The molecule has 0 unspecified atom stereocenters. The second kappa shape index (κ2) is 9.88. The van der Waals surface area contributed by atoms with Crippen LogP contribution in [-0.4, -0.2) is 46.6 Å². The second-order valence-corrected chi connectivity index (χ2v) is 14.8. The minimum Gasteiger partial charge on any atom is -0.393 e. The first-order valence-corrected chi connectivity index (χ1v) is 15.8. The van der Waals surface area contributed by atoms with Crippen LogP contribution in [0.3, 0.4) is 0 Å². The van der Waals surface area contributed by atoms with Gasteiger partial charge in [-0.15, -0.1) is 0 Å². The molecule has 0 spiro atoms. The second-order valence-electron chi connectivity index (χ2n) is 13.4. The van der Waals surface area contributed by atoms with Crippen molar-refractivity contribution in [2.24, 2.45) is 46.3 Å². The van der Waals surface area contributed by atoms with Crippen LogP contribution in [0.2, 0.25) is 0 Å². The van der Waals surface area contributed by atoms with Crippen molar-refractivity contribution in [2.75, 3.05) is 0 Å². The van der Waals surface area contributed by atoms with E-state index < -0.39 is 10.1 Å². The van der Waals surface area contributed by atoms with Crippen LogP contribution in [0, 0.1) is 52.4 Å². The lowest BCUT2D eigenvalue weighted by Crippen LogP contribution is -2.62. The van der Waals surface area contributed by atoms with Gasteiger partial charge in [-0.2, -0.15) is 8.42 Å². The van der Waals surface area contributed by atoms with E-state index in [4.69, 9.17) is 0 Å². The van der Waals surface area contributed by atoms with E-state index in [-0.39, 0.29) is 40.0 Å². The summed E-state index contributed by atoms with van der Waals surface area (Å²) in [5, 5.41) is 33.5. The van der Waals surface area contributed by atoms with Crippen LogP contribution < -0.4 is 0 Å². The molecule has 207 valence electrons. The van der Waals surface area contributed by atoms with Gasteiger partial charge in [0.2, 0.25) is 0 Å². The zero-order valence-electron chi connectivity index (χ0n) is 22.5. The summed E-state index contributed by atoms with van der Waals surface area (Å²) in [6.45, 7) is 6.93. The molecule has 0 heterocycles. The fourth-order valence-electron chi connectivity index (χ4n) is 9.74. The molecule has 7 heteroatoms. The number of aryl methyl sites for hydroxylation is 1. The molecule has 1 radical (unpaired) electrons. The Morgan fingerprint density at radius 3 is 2.57 bits per heavy atom. The molecule has 4 aliphatic carbocycles. The van der Waals surface area contributed by atoms with Gasteiger partial charge in [0.1, 0.15) is 0 Å². The van der Waals surface area contributed by atoms with E-state index in [1.807, 2.05) is 0 Å². The summed E-state index contributed by atoms with van der Waals surface area (Å²) in [5.41, 5.74) is 0.655. The van der Waals surface area contributed by atoms with E-state index in [1.54, 1.807) is 6.07 Å². The molecular weight excluding hydrogens is 488 g/mol. The van der Waals surface area contributed by atoms with E-state index in [2.05, 4.69) is 26.8 Å². The Labute approximate surface area is 222 Å². The minimum absolute atomic E-state index is 0.0855. The molecule has 5 rings (SSSR count). The van der Waals surface area contributed by atoms with E-state index in [0.29, 0.717) is 36.0 Å². The van der Waals surface area contributed by atoms with E-state index >= 15 is 0 Å².